The van der Waals surface area contributed by atoms with E-state index in [-0.39, 0.29) is 30.8 Å². The molecule has 35 heavy (non-hydrogen) atoms. The highest BCUT2D eigenvalue weighted by atomic mass is 35.5. The van der Waals surface area contributed by atoms with E-state index >= 15 is 0 Å². The van der Waals surface area contributed by atoms with Crippen molar-refractivity contribution in [1.82, 2.24) is 14.9 Å². The lowest BCUT2D eigenvalue weighted by Gasteiger charge is -2.42. The molecular formula is C26H28ClN5O3. The molecule has 1 saturated heterocycles. The summed E-state index contributed by atoms with van der Waals surface area (Å²) in [7, 11) is 1.34. The molecule has 0 bridgehead atoms. The smallest absolute Gasteiger partial charge is 0.306 e. The van der Waals surface area contributed by atoms with Gasteiger partial charge in [0, 0.05) is 43.7 Å². The highest BCUT2D eigenvalue weighted by molar-refractivity contribution is 6.29. The number of pyridine rings is 2. The molecule has 2 aromatic heterocycles. The van der Waals surface area contributed by atoms with Crippen molar-refractivity contribution in [2.45, 2.75) is 50.5 Å². The van der Waals surface area contributed by atoms with Gasteiger partial charge in [0.05, 0.1) is 30.8 Å². The molecule has 1 atom stereocenters. The molecule has 182 valence electrons. The molecule has 3 aliphatic rings. The van der Waals surface area contributed by atoms with Gasteiger partial charge in [-0.2, -0.15) is 5.26 Å². The fraction of sp³-hybridized carbons (Fsp3) is 0.500. The Hall–Kier alpha value is -3.18. The number of piperazine rings is 1. The lowest BCUT2D eigenvalue weighted by molar-refractivity contribution is -0.144. The summed E-state index contributed by atoms with van der Waals surface area (Å²) in [6.45, 7) is 1.79. The van der Waals surface area contributed by atoms with E-state index in [1.54, 1.807) is 6.20 Å². The maximum absolute atomic E-state index is 12.9. The van der Waals surface area contributed by atoms with Gasteiger partial charge in [0.25, 0.3) is 0 Å². The van der Waals surface area contributed by atoms with Gasteiger partial charge in [0.15, 0.2) is 0 Å². The van der Waals surface area contributed by atoms with E-state index < -0.39 is 0 Å². The first-order valence-corrected chi connectivity index (χ1v) is 12.5. The molecule has 0 radical (unpaired) electrons. The van der Waals surface area contributed by atoms with Crippen molar-refractivity contribution in [2.75, 3.05) is 31.6 Å². The zero-order chi connectivity index (χ0) is 24.5. The molecule has 8 nitrogen and oxygen atoms in total. The summed E-state index contributed by atoms with van der Waals surface area (Å²) in [6.07, 6.45) is 6.27. The van der Waals surface area contributed by atoms with E-state index in [1.165, 1.54) is 7.11 Å². The van der Waals surface area contributed by atoms with Gasteiger partial charge in [0.1, 0.15) is 17.0 Å². The molecule has 0 spiro atoms. The van der Waals surface area contributed by atoms with E-state index in [1.807, 2.05) is 23.1 Å². The average Bonchev–Trinajstić information content (AvgIpc) is 3.79. The van der Waals surface area contributed by atoms with Gasteiger partial charge < -0.3 is 14.5 Å². The van der Waals surface area contributed by atoms with E-state index in [0.717, 1.165) is 42.5 Å². The topological polar surface area (TPSA) is 99.4 Å². The molecule has 1 aliphatic heterocycles. The monoisotopic (exact) mass is 493 g/mol. The molecule has 3 fully saturated rings. The lowest BCUT2D eigenvalue weighted by Crippen LogP contribution is -2.56. The van der Waals surface area contributed by atoms with E-state index in [4.69, 9.17) is 21.3 Å². The number of nitriles is 1. The zero-order valence-electron chi connectivity index (χ0n) is 19.7. The molecule has 0 aromatic carbocycles. The minimum atomic E-state index is -0.369. The van der Waals surface area contributed by atoms with Gasteiger partial charge >= 0.3 is 5.97 Å². The predicted octanol–water partition coefficient (Wildman–Crippen LogP) is 3.93. The Morgan fingerprint density at radius 1 is 1.20 bits per heavy atom. The van der Waals surface area contributed by atoms with Crippen LogP contribution in [0.25, 0.3) is 11.1 Å². The van der Waals surface area contributed by atoms with Crippen LogP contribution in [0.2, 0.25) is 5.15 Å². The molecule has 0 unspecified atom stereocenters. The summed E-state index contributed by atoms with van der Waals surface area (Å²) in [5, 5.41) is 10.4. The van der Waals surface area contributed by atoms with Crippen LogP contribution >= 0.6 is 11.6 Å². The number of hydrogen-bond acceptors (Lipinski definition) is 7. The number of nitrogens with zero attached hydrogens (tertiary/aromatic N) is 5. The van der Waals surface area contributed by atoms with Crippen molar-refractivity contribution in [3.8, 4) is 17.2 Å². The second kappa shape index (κ2) is 9.82. The van der Waals surface area contributed by atoms with Crippen LogP contribution in [-0.2, 0) is 14.3 Å². The number of carbonyl (C=O) groups is 2. The number of anilines is 1. The van der Waals surface area contributed by atoms with Gasteiger partial charge in [-0.1, -0.05) is 11.6 Å². The fourth-order valence-corrected chi connectivity index (χ4v) is 5.13. The molecule has 5 rings (SSSR count). The minimum Gasteiger partial charge on any atom is -0.469 e. The van der Waals surface area contributed by atoms with Crippen LogP contribution in [0.15, 0.2) is 24.4 Å². The molecule has 9 heteroatoms. The van der Waals surface area contributed by atoms with E-state index in [9.17, 15) is 14.9 Å². The van der Waals surface area contributed by atoms with Crippen molar-refractivity contribution in [3.63, 3.8) is 0 Å². The van der Waals surface area contributed by atoms with Crippen molar-refractivity contribution in [3.05, 3.63) is 40.8 Å². The second-order valence-corrected chi connectivity index (χ2v) is 9.95. The standard InChI is InChI=1S/C26H28ClN5O3/c1-35-24(34)7-6-23(33)32-11-10-31(15-21(32)16-2-3-16)26-19(14-28)12-20(25(30-26)17-4-5-17)18-8-9-29-22(27)13-18/h8-9,12-13,16-17,21H,2-7,10-11,15H2,1H3/t21-/m0/s1. The largest absolute Gasteiger partial charge is 0.469 e. The maximum Gasteiger partial charge on any atom is 0.306 e. The summed E-state index contributed by atoms with van der Waals surface area (Å²) in [5.74, 6) is 1.15. The number of ether oxygens (including phenoxy) is 1. The van der Waals surface area contributed by atoms with Crippen LogP contribution < -0.4 is 4.90 Å². The second-order valence-electron chi connectivity index (χ2n) is 9.56. The van der Waals surface area contributed by atoms with Gasteiger partial charge in [-0.3, -0.25) is 9.59 Å². The molecule has 3 heterocycles. The predicted molar refractivity (Wildman–Crippen MR) is 131 cm³/mol. The Bertz CT molecular complexity index is 1190. The Morgan fingerprint density at radius 2 is 2.00 bits per heavy atom. The number of esters is 1. The van der Waals surface area contributed by atoms with Crippen LogP contribution in [0, 0.1) is 17.2 Å². The third-order valence-corrected chi connectivity index (χ3v) is 7.34. The van der Waals surface area contributed by atoms with Gasteiger partial charge in [-0.25, -0.2) is 9.97 Å². The molecule has 2 aromatic rings. The zero-order valence-corrected chi connectivity index (χ0v) is 20.5. The van der Waals surface area contributed by atoms with Crippen molar-refractivity contribution in [1.29, 1.82) is 5.26 Å². The van der Waals surface area contributed by atoms with Crippen molar-refractivity contribution < 1.29 is 14.3 Å². The van der Waals surface area contributed by atoms with Crippen LogP contribution in [0.3, 0.4) is 0 Å². The normalized spacial score (nSPS) is 19.9. The first-order chi connectivity index (χ1) is 17.0. The number of methoxy groups -OCH3 is 1. The average molecular weight is 494 g/mol. The molecule has 0 N–H and O–H groups in total. The number of halogens is 1. The van der Waals surface area contributed by atoms with Crippen LogP contribution in [0.5, 0.6) is 0 Å². The molecule has 2 saturated carbocycles. The van der Waals surface area contributed by atoms with Crippen LogP contribution in [-0.4, -0.2) is 59.5 Å². The van der Waals surface area contributed by atoms with Gasteiger partial charge in [-0.15, -0.1) is 0 Å². The van der Waals surface area contributed by atoms with Gasteiger partial charge in [-0.05, 0) is 55.4 Å². The lowest BCUT2D eigenvalue weighted by atomic mass is 9.99. The summed E-state index contributed by atoms with van der Waals surface area (Å²) >= 11 is 6.15. The third kappa shape index (κ3) is 5.10. The first kappa shape index (κ1) is 23.6. The number of carbonyl (C=O) groups excluding carboxylic acids is 2. The highest BCUT2D eigenvalue weighted by Crippen LogP contribution is 2.45. The Morgan fingerprint density at radius 3 is 2.66 bits per heavy atom. The maximum atomic E-state index is 12.9. The van der Waals surface area contributed by atoms with Gasteiger partial charge in [0.2, 0.25) is 5.91 Å². The van der Waals surface area contributed by atoms with Crippen LogP contribution in [0.1, 0.15) is 55.7 Å². The minimum absolute atomic E-state index is 0.0102. The molecule has 1 amide bonds. The Kier molecular flexibility index (Phi) is 6.61. The number of hydrogen-bond donors (Lipinski definition) is 0. The number of rotatable bonds is 7. The third-order valence-electron chi connectivity index (χ3n) is 7.13. The Balaban J connectivity index is 1.42. The van der Waals surface area contributed by atoms with Crippen LogP contribution in [0.4, 0.5) is 5.82 Å². The number of amides is 1. The quantitative estimate of drug-likeness (QED) is 0.425. The van der Waals surface area contributed by atoms with Crippen molar-refractivity contribution >= 4 is 29.3 Å². The summed E-state index contributed by atoms with van der Waals surface area (Å²) in [5.41, 5.74) is 3.38. The number of aromatic nitrogens is 2. The van der Waals surface area contributed by atoms with Crippen molar-refractivity contribution in [2.24, 2.45) is 5.92 Å². The fourth-order valence-electron chi connectivity index (χ4n) is 4.96. The first-order valence-electron chi connectivity index (χ1n) is 12.2. The SMILES string of the molecule is COC(=O)CCC(=O)N1CCN(c2nc(C3CC3)c(-c3ccnc(Cl)c3)cc2C#N)C[C@H]1C1CC1. The highest BCUT2D eigenvalue weighted by Gasteiger charge is 2.41. The summed E-state index contributed by atoms with van der Waals surface area (Å²) < 4.78 is 4.69. The summed E-state index contributed by atoms with van der Waals surface area (Å²) in [6, 6.07) is 8.06. The Labute approximate surface area is 209 Å². The summed E-state index contributed by atoms with van der Waals surface area (Å²) in [4.78, 5) is 37.7. The van der Waals surface area contributed by atoms with E-state index in [0.29, 0.717) is 48.0 Å². The molecule has 2 aliphatic carbocycles. The molecular weight excluding hydrogens is 466 g/mol. The van der Waals surface area contributed by atoms with E-state index in [2.05, 4.69) is 16.0 Å².